The molecule has 1 aromatic heterocycles. The Bertz CT molecular complexity index is 993. The van der Waals surface area contributed by atoms with Crippen molar-refractivity contribution in [2.24, 2.45) is 12.2 Å². The highest BCUT2D eigenvalue weighted by atomic mass is 16.5. The Kier molecular flexibility index (Phi) is 5.35. The fourth-order valence-electron chi connectivity index (χ4n) is 3.10. The minimum atomic E-state index is 0.566. The minimum Gasteiger partial charge on any atom is -0.493 e. The van der Waals surface area contributed by atoms with Gasteiger partial charge in [-0.05, 0) is 35.4 Å². The summed E-state index contributed by atoms with van der Waals surface area (Å²) in [5.41, 5.74) is 3.87. The molecule has 6 heteroatoms. The van der Waals surface area contributed by atoms with E-state index in [0.29, 0.717) is 17.2 Å². The zero-order valence-electron chi connectivity index (χ0n) is 15.8. The van der Waals surface area contributed by atoms with Crippen LogP contribution in [-0.2, 0) is 7.05 Å². The van der Waals surface area contributed by atoms with Gasteiger partial charge >= 0.3 is 0 Å². The van der Waals surface area contributed by atoms with Crippen molar-refractivity contribution in [2.45, 2.75) is 0 Å². The highest BCUT2D eigenvalue weighted by Crippen LogP contribution is 2.38. The summed E-state index contributed by atoms with van der Waals surface area (Å²) in [5.74, 6) is 1.78. The summed E-state index contributed by atoms with van der Waals surface area (Å²) in [6, 6.07) is 9.92. The van der Waals surface area contributed by atoms with Crippen LogP contribution < -0.4 is 14.2 Å². The maximum atomic E-state index is 8.86. The van der Waals surface area contributed by atoms with Crippen LogP contribution in [0.25, 0.3) is 23.1 Å². The second kappa shape index (κ2) is 7.86. The summed E-state index contributed by atoms with van der Waals surface area (Å²) in [6.07, 6.45) is 7.35. The molecule has 2 aromatic carbocycles. The highest BCUT2D eigenvalue weighted by Gasteiger charge is 2.12. The van der Waals surface area contributed by atoms with Gasteiger partial charge in [0.1, 0.15) is 0 Å². The Balaban J connectivity index is 1.99. The largest absolute Gasteiger partial charge is 0.493 e. The third-order valence-corrected chi connectivity index (χ3v) is 4.40. The van der Waals surface area contributed by atoms with E-state index >= 15 is 0 Å². The predicted molar refractivity (Wildman–Crippen MR) is 107 cm³/mol. The first-order valence-corrected chi connectivity index (χ1v) is 8.36. The third kappa shape index (κ3) is 3.60. The van der Waals surface area contributed by atoms with E-state index in [9.17, 15) is 0 Å². The Hall–Kier alpha value is -3.41. The molecule has 0 atom stereocenters. The number of methoxy groups -OCH3 is 3. The molecule has 1 N–H and O–H groups in total. The standard InChI is InChI=1S/C21H22N2O4/c1-23-13-16(12-22-24)17-9-14(7-8-18(17)23)5-6-15-10-19(25-2)21(27-4)20(11-15)26-3/h5-13,24H,1-4H3/b6-5-,22-12+. The van der Waals surface area contributed by atoms with Crippen molar-refractivity contribution in [1.82, 2.24) is 4.57 Å². The summed E-state index contributed by atoms with van der Waals surface area (Å²) in [4.78, 5) is 0. The van der Waals surface area contributed by atoms with E-state index in [-0.39, 0.29) is 0 Å². The van der Waals surface area contributed by atoms with Crippen LogP contribution in [0.4, 0.5) is 0 Å². The molecular weight excluding hydrogens is 344 g/mol. The molecule has 0 spiro atoms. The first-order valence-electron chi connectivity index (χ1n) is 8.36. The second-order valence-corrected chi connectivity index (χ2v) is 6.01. The average molecular weight is 366 g/mol. The lowest BCUT2D eigenvalue weighted by Crippen LogP contribution is -1.95. The topological polar surface area (TPSA) is 65.2 Å². The molecule has 27 heavy (non-hydrogen) atoms. The molecule has 1 heterocycles. The molecule has 0 bridgehead atoms. The Morgan fingerprint density at radius 2 is 1.59 bits per heavy atom. The van der Waals surface area contributed by atoms with Crippen LogP contribution in [0.3, 0.4) is 0 Å². The first kappa shape index (κ1) is 18.4. The zero-order valence-corrected chi connectivity index (χ0v) is 15.8. The van der Waals surface area contributed by atoms with Gasteiger partial charge in [0.05, 0.1) is 27.5 Å². The molecule has 3 rings (SSSR count). The smallest absolute Gasteiger partial charge is 0.203 e. The predicted octanol–water partition coefficient (Wildman–Crippen LogP) is 4.18. The van der Waals surface area contributed by atoms with E-state index in [1.165, 1.54) is 6.21 Å². The van der Waals surface area contributed by atoms with Crippen molar-refractivity contribution < 1.29 is 19.4 Å². The van der Waals surface area contributed by atoms with Crippen LogP contribution in [0.15, 0.2) is 41.7 Å². The van der Waals surface area contributed by atoms with Crippen molar-refractivity contribution in [3.05, 3.63) is 53.2 Å². The van der Waals surface area contributed by atoms with Gasteiger partial charge in [0.15, 0.2) is 11.5 Å². The number of ether oxygens (including phenoxy) is 3. The third-order valence-electron chi connectivity index (χ3n) is 4.40. The molecule has 0 fully saturated rings. The SMILES string of the molecule is COc1cc(/C=C\c2ccc3c(c2)c(/C=N/O)cn3C)cc(OC)c1OC. The highest BCUT2D eigenvalue weighted by molar-refractivity contribution is 6.00. The monoisotopic (exact) mass is 366 g/mol. The van der Waals surface area contributed by atoms with Crippen LogP contribution in [0.5, 0.6) is 17.2 Å². The number of hydrogen-bond acceptors (Lipinski definition) is 5. The Morgan fingerprint density at radius 3 is 2.19 bits per heavy atom. The molecule has 3 aromatic rings. The number of aryl methyl sites for hydroxylation is 1. The minimum absolute atomic E-state index is 0.566. The van der Waals surface area contributed by atoms with Gasteiger partial charge in [-0.1, -0.05) is 23.4 Å². The van der Waals surface area contributed by atoms with Crippen molar-refractivity contribution in [2.75, 3.05) is 21.3 Å². The molecule has 0 aliphatic rings. The molecule has 0 saturated carbocycles. The molecule has 140 valence electrons. The van der Waals surface area contributed by atoms with E-state index in [1.54, 1.807) is 21.3 Å². The maximum Gasteiger partial charge on any atom is 0.203 e. The molecular formula is C21H22N2O4. The van der Waals surface area contributed by atoms with Crippen molar-refractivity contribution in [3.63, 3.8) is 0 Å². The average Bonchev–Trinajstić information content (AvgIpc) is 3.00. The number of aromatic nitrogens is 1. The summed E-state index contributed by atoms with van der Waals surface area (Å²) < 4.78 is 18.1. The van der Waals surface area contributed by atoms with Gasteiger partial charge in [-0.3, -0.25) is 0 Å². The van der Waals surface area contributed by atoms with Gasteiger partial charge in [-0.2, -0.15) is 0 Å². The lowest BCUT2D eigenvalue weighted by Gasteiger charge is -2.12. The lowest BCUT2D eigenvalue weighted by molar-refractivity contribution is 0.322. The Morgan fingerprint density at radius 1 is 0.926 bits per heavy atom. The normalized spacial score (nSPS) is 11.6. The van der Waals surface area contributed by atoms with E-state index in [1.807, 2.05) is 54.2 Å². The zero-order chi connectivity index (χ0) is 19.4. The number of oxime groups is 1. The second-order valence-electron chi connectivity index (χ2n) is 6.01. The van der Waals surface area contributed by atoms with E-state index in [4.69, 9.17) is 19.4 Å². The van der Waals surface area contributed by atoms with Crippen LogP contribution in [0, 0.1) is 0 Å². The molecule has 6 nitrogen and oxygen atoms in total. The van der Waals surface area contributed by atoms with Gasteiger partial charge in [0.25, 0.3) is 0 Å². The number of benzene rings is 2. The van der Waals surface area contributed by atoms with Crippen LogP contribution >= 0.6 is 0 Å². The summed E-state index contributed by atoms with van der Waals surface area (Å²) in [6.45, 7) is 0. The fraction of sp³-hybridized carbons (Fsp3) is 0.190. The van der Waals surface area contributed by atoms with Gasteiger partial charge in [-0.15, -0.1) is 0 Å². The van der Waals surface area contributed by atoms with Crippen LogP contribution in [0.2, 0.25) is 0 Å². The van der Waals surface area contributed by atoms with Crippen molar-refractivity contribution >= 4 is 29.3 Å². The van der Waals surface area contributed by atoms with E-state index in [2.05, 4.69) is 11.2 Å². The van der Waals surface area contributed by atoms with Crippen LogP contribution in [0.1, 0.15) is 16.7 Å². The Labute approximate surface area is 157 Å². The first-order chi connectivity index (χ1) is 13.1. The molecule has 0 radical (unpaired) electrons. The summed E-state index contributed by atoms with van der Waals surface area (Å²) in [7, 11) is 6.73. The summed E-state index contributed by atoms with van der Waals surface area (Å²) in [5, 5.41) is 13.0. The molecule has 0 aliphatic heterocycles. The fourth-order valence-corrected chi connectivity index (χ4v) is 3.10. The lowest BCUT2D eigenvalue weighted by atomic mass is 10.1. The van der Waals surface area contributed by atoms with Crippen molar-refractivity contribution in [1.29, 1.82) is 0 Å². The molecule has 0 amide bonds. The number of nitrogens with zero attached hydrogens (tertiary/aromatic N) is 2. The van der Waals surface area contributed by atoms with Gasteiger partial charge in [0, 0.05) is 29.7 Å². The van der Waals surface area contributed by atoms with Crippen molar-refractivity contribution in [3.8, 4) is 17.2 Å². The van der Waals surface area contributed by atoms with E-state index in [0.717, 1.165) is 27.6 Å². The number of rotatable bonds is 6. The molecule has 0 unspecified atom stereocenters. The van der Waals surface area contributed by atoms with Gasteiger partial charge in [-0.25, -0.2) is 0 Å². The summed E-state index contributed by atoms with van der Waals surface area (Å²) >= 11 is 0. The number of fused-ring (bicyclic) bond motifs is 1. The maximum absolute atomic E-state index is 8.86. The van der Waals surface area contributed by atoms with Gasteiger partial charge in [0.2, 0.25) is 5.75 Å². The van der Waals surface area contributed by atoms with Crippen LogP contribution in [-0.4, -0.2) is 37.3 Å². The van der Waals surface area contributed by atoms with E-state index < -0.39 is 0 Å². The number of hydrogen-bond donors (Lipinski definition) is 1. The molecule has 0 aliphatic carbocycles. The quantitative estimate of drug-likeness (QED) is 0.308. The molecule has 0 saturated heterocycles. The van der Waals surface area contributed by atoms with Gasteiger partial charge < -0.3 is 24.0 Å².